The van der Waals surface area contributed by atoms with E-state index in [9.17, 15) is 14.4 Å². The number of carbonyl (C=O) groups excluding carboxylic acids is 2. The van der Waals surface area contributed by atoms with Crippen LogP contribution in [0.3, 0.4) is 0 Å². The first-order valence-electron chi connectivity index (χ1n) is 11.2. The van der Waals surface area contributed by atoms with Crippen LogP contribution in [0, 0.1) is 0 Å². The van der Waals surface area contributed by atoms with Gasteiger partial charge in [-0.25, -0.2) is 14.4 Å². The molecule has 9 heteroatoms. The first kappa shape index (κ1) is 25.1. The van der Waals surface area contributed by atoms with Crippen molar-refractivity contribution in [3.05, 3.63) is 82.7 Å². The van der Waals surface area contributed by atoms with E-state index in [1.807, 2.05) is 36.6 Å². The topological polar surface area (TPSA) is 104 Å². The number of alkyl carbamates (subject to hydrolysis) is 1. The Kier molecular flexibility index (Phi) is 8.12. The number of hydrogen-bond acceptors (Lipinski definition) is 8. The number of amides is 1. The van der Waals surface area contributed by atoms with Gasteiger partial charge in [0, 0.05) is 16.8 Å². The molecule has 186 valence electrons. The average Bonchev–Trinajstić information content (AvgIpc) is 2.90. The van der Waals surface area contributed by atoms with Crippen LogP contribution in [0.4, 0.5) is 4.79 Å². The number of ether oxygens (including phenoxy) is 3. The molecule has 0 aliphatic heterocycles. The van der Waals surface area contributed by atoms with Crippen molar-refractivity contribution < 1.29 is 28.2 Å². The molecule has 0 saturated heterocycles. The lowest BCUT2D eigenvalue weighted by Crippen LogP contribution is -2.43. The van der Waals surface area contributed by atoms with Gasteiger partial charge in [0.05, 0.1) is 12.5 Å². The number of benzene rings is 3. The maximum atomic E-state index is 12.9. The van der Waals surface area contributed by atoms with Gasteiger partial charge in [0.1, 0.15) is 29.7 Å². The zero-order valence-electron chi connectivity index (χ0n) is 19.8. The van der Waals surface area contributed by atoms with Gasteiger partial charge >= 0.3 is 17.7 Å². The van der Waals surface area contributed by atoms with E-state index in [-0.39, 0.29) is 17.9 Å². The molecule has 1 atom stereocenters. The maximum Gasteiger partial charge on any atom is 0.408 e. The summed E-state index contributed by atoms with van der Waals surface area (Å²) in [5.41, 5.74) is 0.582. The Morgan fingerprint density at radius 2 is 1.72 bits per heavy atom. The molecule has 0 spiro atoms. The minimum Gasteiger partial charge on any atom is -0.497 e. The fourth-order valence-electron chi connectivity index (χ4n) is 3.66. The highest BCUT2D eigenvalue weighted by Crippen LogP contribution is 2.28. The van der Waals surface area contributed by atoms with E-state index < -0.39 is 23.7 Å². The molecule has 0 radical (unpaired) electrons. The minimum atomic E-state index is -0.910. The van der Waals surface area contributed by atoms with Crippen LogP contribution in [-0.2, 0) is 16.1 Å². The summed E-state index contributed by atoms with van der Waals surface area (Å²) in [4.78, 5) is 37.7. The summed E-state index contributed by atoms with van der Waals surface area (Å²) in [5, 5.41) is 4.36. The van der Waals surface area contributed by atoms with Crippen LogP contribution < -0.4 is 20.4 Å². The molecule has 4 aromatic rings. The SMILES string of the molecule is COc1ccc2c(c1)c(=O)oc1cc(OC(=O)C(CCSC)NC(=O)OCc3ccccc3)ccc12. The van der Waals surface area contributed by atoms with Crippen molar-refractivity contribution in [1.82, 2.24) is 5.32 Å². The lowest BCUT2D eigenvalue weighted by atomic mass is 10.1. The van der Waals surface area contributed by atoms with E-state index in [0.717, 1.165) is 5.56 Å². The Balaban J connectivity index is 1.49. The Labute approximate surface area is 211 Å². The number of nitrogens with one attached hydrogen (secondary N) is 1. The van der Waals surface area contributed by atoms with Gasteiger partial charge in [0.2, 0.25) is 0 Å². The molecule has 36 heavy (non-hydrogen) atoms. The van der Waals surface area contributed by atoms with Crippen LogP contribution in [0.2, 0.25) is 0 Å². The van der Waals surface area contributed by atoms with Crippen LogP contribution in [0.1, 0.15) is 12.0 Å². The Morgan fingerprint density at radius 3 is 2.47 bits per heavy atom. The van der Waals surface area contributed by atoms with Gasteiger partial charge < -0.3 is 23.9 Å². The number of methoxy groups -OCH3 is 1. The number of fused-ring (bicyclic) bond motifs is 3. The molecule has 0 saturated carbocycles. The molecule has 8 nitrogen and oxygen atoms in total. The van der Waals surface area contributed by atoms with Gasteiger partial charge in [-0.3, -0.25) is 0 Å². The monoisotopic (exact) mass is 507 g/mol. The molecule has 0 aliphatic rings. The third kappa shape index (κ3) is 5.98. The van der Waals surface area contributed by atoms with Crippen LogP contribution in [0.25, 0.3) is 21.7 Å². The number of esters is 1. The molecule has 0 aliphatic carbocycles. The van der Waals surface area contributed by atoms with Crippen molar-refractivity contribution in [2.24, 2.45) is 0 Å². The first-order valence-corrected chi connectivity index (χ1v) is 12.6. The number of rotatable bonds is 9. The molecular weight excluding hydrogens is 482 g/mol. The van der Waals surface area contributed by atoms with Crippen molar-refractivity contribution in [3.63, 3.8) is 0 Å². The van der Waals surface area contributed by atoms with Gasteiger partial charge in [-0.05, 0) is 54.3 Å². The number of carbonyl (C=O) groups is 2. The fourth-order valence-corrected chi connectivity index (χ4v) is 4.13. The zero-order valence-corrected chi connectivity index (χ0v) is 20.6. The largest absolute Gasteiger partial charge is 0.497 e. The lowest BCUT2D eigenvalue weighted by Gasteiger charge is -2.17. The van der Waals surface area contributed by atoms with Gasteiger partial charge in [-0.15, -0.1) is 0 Å². The van der Waals surface area contributed by atoms with Gasteiger partial charge in [0.25, 0.3) is 0 Å². The number of thioether (sulfide) groups is 1. The van der Waals surface area contributed by atoms with Gasteiger partial charge in [-0.2, -0.15) is 11.8 Å². The first-order chi connectivity index (χ1) is 17.5. The molecule has 4 rings (SSSR count). The Morgan fingerprint density at radius 1 is 0.972 bits per heavy atom. The van der Waals surface area contributed by atoms with Crippen LogP contribution in [-0.4, -0.2) is 37.2 Å². The molecule has 0 fully saturated rings. The van der Waals surface area contributed by atoms with Crippen molar-refractivity contribution in [1.29, 1.82) is 0 Å². The second-order valence-corrected chi connectivity index (χ2v) is 8.91. The predicted octanol–water partition coefficient (Wildman–Crippen LogP) is 4.91. The van der Waals surface area contributed by atoms with Crippen molar-refractivity contribution in [3.8, 4) is 11.5 Å². The van der Waals surface area contributed by atoms with E-state index in [1.54, 1.807) is 30.3 Å². The standard InChI is InChI=1S/C27H25NO7S/c1-32-18-8-10-20-21-11-9-19(15-24(21)35-25(29)22(20)14-18)34-26(30)23(12-13-36-2)28-27(31)33-16-17-6-4-3-5-7-17/h3-11,14-15,23H,12-13,16H2,1-2H3,(H,28,31). The maximum absolute atomic E-state index is 12.9. The smallest absolute Gasteiger partial charge is 0.408 e. The molecule has 1 N–H and O–H groups in total. The summed E-state index contributed by atoms with van der Waals surface area (Å²) in [5.74, 6) is 0.719. The molecule has 0 bridgehead atoms. The molecule has 1 aromatic heterocycles. The third-order valence-electron chi connectivity index (χ3n) is 5.51. The van der Waals surface area contributed by atoms with Crippen LogP contribution >= 0.6 is 11.8 Å². The van der Waals surface area contributed by atoms with Crippen molar-refractivity contribution in [2.45, 2.75) is 19.1 Å². The predicted molar refractivity (Wildman–Crippen MR) is 139 cm³/mol. The molecular formula is C27H25NO7S. The molecule has 3 aromatic carbocycles. The summed E-state index contributed by atoms with van der Waals surface area (Å²) in [6.07, 6.45) is 1.55. The summed E-state index contributed by atoms with van der Waals surface area (Å²) >= 11 is 1.54. The van der Waals surface area contributed by atoms with E-state index in [1.165, 1.54) is 24.9 Å². The lowest BCUT2D eigenvalue weighted by molar-refractivity contribution is -0.136. The highest BCUT2D eigenvalue weighted by atomic mass is 32.2. The van der Waals surface area contributed by atoms with E-state index >= 15 is 0 Å². The summed E-state index contributed by atoms with van der Waals surface area (Å²) in [7, 11) is 1.52. The third-order valence-corrected chi connectivity index (χ3v) is 6.15. The molecule has 1 unspecified atom stereocenters. The average molecular weight is 508 g/mol. The normalized spacial score (nSPS) is 11.7. The second-order valence-electron chi connectivity index (χ2n) is 7.92. The van der Waals surface area contributed by atoms with Crippen LogP contribution in [0.5, 0.6) is 11.5 Å². The highest BCUT2D eigenvalue weighted by Gasteiger charge is 2.24. The highest BCUT2D eigenvalue weighted by molar-refractivity contribution is 7.98. The Hall–Kier alpha value is -3.98. The molecule has 1 amide bonds. The van der Waals surface area contributed by atoms with E-state index in [0.29, 0.717) is 34.1 Å². The zero-order chi connectivity index (χ0) is 25.5. The second kappa shape index (κ2) is 11.6. The van der Waals surface area contributed by atoms with E-state index in [4.69, 9.17) is 18.6 Å². The van der Waals surface area contributed by atoms with Gasteiger partial charge in [-0.1, -0.05) is 30.3 Å². The van der Waals surface area contributed by atoms with Crippen molar-refractivity contribution >= 4 is 45.6 Å². The summed E-state index contributed by atoms with van der Waals surface area (Å²) < 4.78 is 21.4. The van der Waals surface area contributed by atoms with Crippen LogP contribution in [0.15, 0.2) is 75.9 Å². The molecule has 1 heterocycles. The van der Waals surface area contributed by atoms with E-state index in [2.05, 4.69) is 5.32 Å². The summed E-state index contributed by atoms with van der Waals surface area (Å²) in [6.45, 7) is 0.0838. The fraction of sp³-hybridized carbons (Fsp3) is 0.222. The van der Waals surface area contributed by atoms with Crippen molar-refractivity contribution in [2.75, 3.05) is 19.1 Å². The Bertz CT molecular complexity index is 1440. The van der Waals surface area contributed by atoms with Gasteiger partial charge in [0.15, 0.2) is 0 Å². The number of hydrogen-bond donors (Lipinski definition) is 1. The minimum absolute atomic E-state index is 0.0838. The summed E-state index contributed by atoms with van der Waals surface area (Å²) in [6, 6.07) is 18.3. The quantitative estimate of drug-likeness (QED) is 0.148.